The van der Waals surface area contributed by atoms with Gasteiger partial charge in [-0.15, -0.1) is 0 Å². The molecule has 7 rings (SSSR count). The fourth-order valence-electron chi connectivity index (χ4n) is 6.64. The van der Waals surface area contributed by atoms with Crippen LogP contribution in [0.3, 0.4) is 0 Å². The van der Waals surface area contributed by atoms with E-state index in [1.54, 1.807) is 0 Å². The fraction of sp³-hybridized carbons (Fsp3) is 0.150. The second kappa shape index (κ2) is 13.9. The maximum absolute atomic E-state index is 16.8. The first-order valence-electron chi connectivity index (χ1n) is 16.3. The van der Waals surface area contributed by atoms with E-state index in [1.165, 1.54) is 127 Å². The lowest BCUT2D eigenvalue weighted by molar-refractivity contribution is -0.262. The van der Waals surface area contributed by atoms with Crippen LogP contribution in [0, 0.1) is 0 Å². The van der Waals surface area contributed by atoms with Gasteiger partial charge in [0.25, 0.3) is 0 Å². The highest BCUT2D eigenvalue weighted by Gasteiger charge is 2.85. The van der Waals surface area contributed by atoms with Crippen molar-refractivity contribution in [3.63, 3.8) is 0 Å². The Morgan fingerprint density at radius 2 is 0.400 bits per heavy atom. The molecule has 0 radical (unpaired) electrons. The molecule has 0 amide bonds. The number of allylic oxidation sites excluding steroid dienone is 4. The van der Waals surface area contributed by atoms with Gasteiger partial charge in [-0.3, -0.25) is 0 Å². The Balaban J connectivity index is 1.71. The molecule has 0 saturated carbocycles. The average Bonchev–Trinajstić information content (AvgIpc) is 3.35. The minimum Gasteiger partial charge on any atom is -0.194 e. The summed E-state index contributed by atoms with van der Waals surface area (Å²) in [6.45, 7) is 0. The Labute approximate surface area is 310 Å². The van der Waals surface area contributed by atoms with Crippen molar-refractivity contribution in [2.45, 2.75) is 35.5 Å². The number of hydrogen-bond acceptors (Lipinski definition) is 0. The lowest BCUT2D eigenvalue weighted by Crippen LogP contribution is -2.50. The minimum atomic E-state index is -6.31. The zero-order chi connectivity index (χ0) is 39.6. The largest absolute Gasteiger partial charge is 0.380 e. The third kappa shape index (κ3) is 5.89. The molecular weight excluding hydrogens is 801 g/mol. The summed E-state index contributed by atoms with van der Waals surface area (Å²) in [5.74, 6) is -36.2. The Morgan fingerprint density at radius 1 is 0.236 bits per heavy atom. The molecule has 284 valence electrons. The summed E-state index contributed by atoms with van der Waals surface area (Å²) >= 11 is 0. The molecule has 0 spiro atoms. The first-order valence-corrected chi connectivity index (χ1v) is 20.4. The van der Waals surface area contributed by atoms with Crippen LogP contribution in [-0.4, -0.2) is 35.5 Å². The molecule has 0 nitrogen and oxygen atoms in total. The van der Waals surface area contributed by atoms with E-state index in [2.05, 4.69) is 0 Å². The molecule has 2 aliphatic carbocycles. The van der Waals surface area contributed by atoms with Crippen molar-refractivity contribution in [2.75, 3.05) is 0 Å². The summed E-state index contributed by atoms with van der Waals surface area (Å²) in [6.07, 6.45) is 0. The molecule has 0 saturated heterocycles. The molecule has 15 heteroatoms. The van der Waals surface area contributed by atoms with Crippen LogP contribution in [0.4, 0.5) is 52.7 Å². The van der Waals surface area contributed by atoms with E-state index in [0.717, 1.165) is 24.3 Å². The molecule has 0 aromatic heterocycles. The summed E-state index contributed by atoms with van der Waals surface area (Å²) in [7, 11) is -10.8. The standard InChI is InChI=1S/C40H25F12P3/c41-35(42)31(53(26-16-6-1-7-17-26)27-18-8-2-9-19-27)33(37(45,46)39(35,49)50)55(30-24-14-5-15-25-30)34-32(36(43,44)40(51,52)38(34,47)48)54(28-20-10-3-11-21-28)29-22-12-4-13-23-29/h1-25H. The Bertz CT molecular complexity index is 2010. The average molecular weight is 827 g/mol. The van der Waals surface area contributed by atoms with Gasteiger partial charge >= 0.3 is 35.5 Å². The van der Waals surface area contributed by atoms with E-state index in [0.29, 0.717) is 0 Å². The Hall–Kier alpha value is -3.97. The quantitative estimate of drug-likeness (QED) is 0.103. The third-order valence-corrected chi connectivity index (χ3v) is 17.4. The molecule has 0 aliphatic heterocycles. The van der Waals surface area contributed by atoms with Crippen LogP contribution in [0.5, 0.6) is 0 Å². The van der Waals surface area contributed by atoms with Gasteiger partial charge in [0.2, 0.25) is 0 Å². The van der Waals surface area contributed by atoms with Crippen LogP contribution in [0.15, 0.2) is 173 Å². The molecular formula is C40H25F12P3. The van der Waals surface area contributed by atoms with E-state index < -0.39 is 85.9 Å². The van der Waals surface area contributed by atoms with E-state index in [-0.39, 0.29) is 21.2 Å². The smallest absolute Gasteiger partial charge is 0.194 e. The van der Waals surface area contributed by atoms with Crippen molar-refractivity contribution < 1.29 is 52.7 Å². The van der Waals surface area contributed by atoms with E-state index in [1.807, 2.05) is 0 Å². The van der Waals surface area contributed by atoms with Gasteiger partial charge in [0.15, 0.2) is 0 Å². The molecule has 5 aromatic carbocycles. The van der Waals surface area contributed by atoms with Crippen molar-refractivity contribution >= 4 is 50.3 Å². The summed E-state index contributed by atoms with van der Waals surface area (Å²) in [6, 6.07) is 30.8. The summed E-state index contributed by atoms with van der Waals surface area (Å²) < 4.78 is 198. The molecule has 5 aromatic rings. The number of alkyl halides is 12. The highest BCUT2D eigenvalue weighted by atomic mass is 31.1. The lowest BCUT2D eigenvalue weighted by Gasteiger charge is -2.33. The predicted molar refractivity (Wildman–Crippen MR) is 195 cm³/mol. The lowest BCUT2D eigenvalue weighted by atomic mass is 10.2. The highest BCUT2D eigenvalue weighted by Crippen LogP contribution is 2.81. The summed E-state index contributed by atoms with van der Waals surface area (Å²) in [5, 5.41) is -10.1. The van der Waals surface area contributed by atoms with Gasteiger partial charge in [-0.25, -0.2) is 0 Å². The van der Waals surface area contributed by atoms with Gasteiger partial charge in [-0.1, -0.05) is 152 Å². The molecule has 2 aliphatic rings. The van der Waals surface area contributed by atoms with Gasteiger partial charge < -0.3 is 0 Å². The molecule has 0 atom stereocenters. The molecule has 55 heavy (non-hydrogen) atoms. The van der Waals surface area contributed by atoms with Crippen molar-refractivity contribution in [1.82, 2.24) is 0 Å². The minimum absolute atomic E-state index is 0.189. The third-order valence-electron chi connectivity index (χ3n) is 9.18. The van der Waals surface area contributed by atoms with E-state index >= 15 is 52.7 Å². The number of hydrogen-bond donors (Lipinski definition) is 0. The van der Waals surface area contributed by atoms with Crippen LogP contribution >= 0.6 is 23.8 Å². The Morgan fingerprint density at radius 3 is 0.600 bits per heavy atom. The van der Waals surface area contributed by atoms with E-state index in [4.69, 9.17) is 0 Å². The maximum Gasteiger partial charge on any atom is 0.380 e. The second-order valence-electron chi connectivity index (χ2n) is 12.5. The monoisotopic (exact) mass is 826 g/mol. The fourth-order valence-corrected chi connectivity index (χ4v) is 15.7. The van der Waals surface area contributed by atoms with Gasteiger partial charge in [0.05, 0.1) is 0 Å². The molecule has 0 fully saturated rings. The van der Waals surface area contributed by atoms with Crippen molar-refractivity contribution in [3.8, 4) is 0 Å². The van der Waals surface area contributed by atoms with Crippen molar-refractivity contribution in [2.24, 2.45) is 0 Å². The topological polar surface area (TPSA) is 0 Å². The highest BCUT2D eigenvalue weighted by molar-refractivity contribution is 7.81. The van der Waals surface area contributed by atoms with Gasteiger partial charge in [0.1, 0.15) is 0 Å². The molecule has 0 unspecified atom stereocenters. The number of halogens is 12. The van der Waals surface area contributed by atoms with Gasteiger partial charge in [0, 0.05) is 21.3 Å². The SMILES string of the molecule is FC1(F)C(P(C2=C(P(c3ccccc3)c3ccccc3)C(F)(F)C(F)(F)C2(F)F)c2ccccc2)=C(P(c2ccccc2)c2ccccc2)C(F)(F)C1(F)F. The van der Waals surface area contributed by atoms with Crippen LogP contribution in [0.1, 0.15) is 0 Å². The van der Waals surface area contributed by atoms with Crippen molar-refractivity contribution in [1.29, 1.82) is 0 Å². The predicted octanol–water partition coefficient (Wildman–Crippen LogP) is 11.3. The summed E-state index contributed by atoms with van der Waals surface area (Å²) in [5.41, 5.74) is 0. The normalized spacial score (nSPS) is 20.5. The molecule has 0 N–H and O–H groups in total. The summed E-state index contributed by atoms with van der Waals surface area (Å²) in [4.78, 5) is 0. The van der Waals surface area contributed by atoms with Crippen LogP contribution in [0.2, 0.25) is 0 Å². The van der Waals surface area contributed by atoms with Crippen molar-refractivity contribution in [3.05, 3.63) is 173 Å². The number of rotatable bonds is 9. The van der Waals surface area contributed by atoms with Gasteiger partial charge in [-0.05, 0) is 50.3 Å². The van der Waals surface area contributed by atoms with Crippen LogP contribution in [0.25, 0.3) is 0 Å². The first kappa shape index (κ1) is 39.3. The Kier molecular flexibility index (Phi) is 9.92. The molecule has 0 heterocycles. The van der Waals surface area contributed by atoms with Crippen LogP contribution in [-0.2, 0) is 0 Å². The number of benzene rings is 5. The zero-order valence-electron chi connectivity index (χ0n) is 27.8. The molecule has 0 bridgehead atoms. The zero-order valence-corrected chi connectivity index (χ0v) is 30.5. The van der Waals surface area contributed by atoms with Crippen LogP contribution < -0.4 is 26.5 Å². The van der Waals surface area contributed by atoms with Gasteiger partial charge in [-0.2, -0.15) is 52.7 Å². The van der Waals surface area contributed by atoms with E-state index in [9.17, 15) is 0 Å². The second-order valence-corrected chi connectivity index (χ2v) is 18.9. The maximum atomic E-state index is 16.8. The first-order chi connectivity index (χ1) is 25.9.